The molecule has 6 heteroatoms. The Balaban J connectivity index is 1.58. The van der Waals surface area contributed by atoms with Crippen LogP contribution in [0.3, 0.4) is 0 Å². The van der Waals surface area contributed by atoms with Crippen molar-refractivity contribution in [2.24, 2.45) is 0 Å². The number of piperidine rings is 1. The van der Waals surface area contributed by atoms with Gasteiger partial charge in [-0.15, -0.1) is 0 Å². The zero-order valence-corrected chi connectivity index (χ0v) is 14.9. The van der Waals surface area contributed by atoms with Crippen molar-refractivity contribution < 1.29 is 9.90 Å². The first kappa shape index (κ1) is 17.9. The van der Waals surface area contributed by atoms with Crippen LogP contribution in [-0.4, -0.2) is 46.1 Å². The van der Waals surface area contributed by atoms with Crippen molar-refractivity contribution in [2.75, 3.05) is 13.1 Å². The molecule has 132 valence electrons. The van der Waals surface area contributed by atoms with E-state index in [1.165, 1.54) is 0 Å². The summed E-state index contributed by atoms with van der Waals surface area (Å²) < 4.78 is 0. The number of aliphatic hydroxyl groups excluding tert-OH is 1. The molecule has 0 bridgehead atoms. The molecule has 3 rings (SSSR count). The molecule has 25 heavy (non-hydrogen) atoms. The number of aryl methyl sites for hydroxylation is 1. The molecule has 2 N–H and O–H groups in total. The van der Waals surface area contributed by atoms with Gasteiger partial charge in [0.05, 0.1) is 28.4 Å². The van der Waals surface area contributed by atoms with E-state index in [1.807, 2.05) is 31.2 Å². The average molecular weight is 360 g/mol. The minimum Gasteiger partial charge on any atom is -0.390 e. The van der Waals surface area contributed by atoms with E-state index < -0.39 is 6.10 Å². The van der Waals surface area contributed by atoms with Gasteiger partial charge in [-0.2, -0.15) is 0 Å². The van der Waals surface area contributed by atoms with Crippen molar-refractivity contribution in [3.05, 3.63) is 64.4 Å². The fraction of sp³-hybridized carbons (Fsp3) is 0.368. The van der Waals surface area contributed by atoms with Gasteiger partial charge in [-0.3, -0.25) is 14.7 Å². The number of β-amino-alcohol motifs (C(OH)–C–C–N with tert-alkyl or cyclic N) is 1. The molecule has 0 unspecified atom stereocenters. The molecule has 1 fully saturated rings. The number of aromatic nitrogens is 1. The Kier molecular flexibility index (Phi) is 5.68. The number of amides is 1. The van der Waals surface area contributed by atoms with Gasteiger partial charge in [0.2, 0.25) is 0 Å². The first-order valence-electron chi connectivity index (χ1n) is 8.40. The molecule has 0 saturated carbocycles. The molecule has 2 aromatic rings. The lowest BCUT2D eigenvalue weighted by Gasteiger charge is -2.36. The Morgan fingerprint density at radius 2 is 2.24 bits per heavy atom. The molecular weight excluding hydrogens is 338 g/mol. The molecule has 0 spiro atoms. The van der Waals surface area contributed by atoms with Crippen molar-refractivity contribution in [1.82, 2.24) is 15.2 Å². The number of hydrogen-bond acceptors (Lipinski definition) is 4. The highest BCUT2D eigenvalue weighted by Crippen LogP contribution is 2.19. The fourth-order valence-electron chi connectivity index (χ4n) is 3.09. The quantitative estimate of drug-likeness (QED) is 0.879. The maximum absolute atomic E-state index is 12.5. The number of halogens is 1. The summed E-state index contributed by atoms with van der Waals surface area (Å²) in [6, 6.07) is 10.9. The monoisotopic (exact) mass is 359 g/mol. The summed E-state index contributed by atoms with van der Waals surface area (Å²) >= 11 is 6.12. The van der Waals surface area contributed by atoms with Crippen LogP contribution in [0.5, 0.6) is 0 Å². The number of pyridine rings is 1. The molecule has 2 heterocycles. The van der Waals surface area contributed by atoms with Gasteiger partial charge in [0, 0.05) is 25.8 Å². The maximum Gasteiger partial charge on any atom is 0.253 e. The number of carbonyl (C=O) groups excluding carboxylic acids is 1. The van der Waals surface area contributed by atoms with E-state index in [9.17, 15) is 9.90 Å². The van der Waals surface area contributed by atoms with Crippen LogP contribution in [0.25, 0.3) is 0 Å². The van der Waals surface area contributed by atoms with E-state index in [2.05, 4.69) is 15.2 Å². The molecule has 2 atom stereocenters. The number of rotatable bonds is 4. The van der Waals surface area contributed by atoms with Crippen LogP contribution in [0.4, 0.5) is 0 Å². The highest BCUT2D eigenvalue weighted by atomic mass is 35.5. The Morgan fingerprint density at radius 3 is 2.96 bits per heavy atom. The highest BCUT2D eigenvalue weighted by molar-refractivity contribution is 6.33. The van der Waals surface area contributed by atoms with Crippen LogP contribution in [-0.2, 0) is 6.54 Å². The van der Waals surface area contributed by atoms with Crippen molar-refractivity contribution >= 4 is 17.5 Å². The molecule has 1 amide bonds. The Labute approximate surface area is 152 Å². The summed E-state index contributed by atoms with van der Waals surface area (Å²) in [5.41, 5.74) is 2.40. The number of nitrogens with zero attached hydrogens (tertiary/aromatic N) is 2. The minimum absolute atomic E-state index is 0.240. The fourth-order valence-corrected chi connectivity index (χ4v) is 3.29. The first-order chi connectivity index (χ1) is 12.0. The van der Waals surface area contributed by atoms with Gasteiger partial charge in [0.25, 0.3) is 5.91 Å². The highest BCUT2D eigenvalue weighted by Gasteiger charge is 2.29. The van der Waals surface area contributed by atoms with E-state index in [0.717, 1.165) is 17.8 Å². The van der Waals surface area contributed by atoms with Crippen LogP contribution in [0.2, 0.25) is 5.02 Å². The molecule has 5 nitrogen and oxygen atoms in total. The second kappa shape index (κ2) is 7.95. The van der Waals surface area contributed by atoms with Crippen LogP contribution >= 0.6 is 11.6 Å². The zero-order chi connectivity index (χ0) is 17.8. The molecule has 1 aliphatic rings. The molecule has 1 aromatic heterocycles. The van der Waals surface area contributed by atoms with E-state index in [-0.39, 0.29) is 11.9 Å². The number of nitrogens with one attached hydrogen (secondary N) is 1. The predicted molar refractivity (Wildman–Crippen MR) is 97.6 cm³/mol. The third-order valence-corrected chi connectivity index (χ3v) is 4.79. The third-order valence-electron chi connectivity index (χ3n) is 4.46. The number of hydrogen-bond donors (Lipinski definition) is 2. The smallest absolute Gasteiger partial charge is 0.253 e. The van der Waals surface area contributed by atoms with E-state index in [1.54, 1.807) is 18.3 Å². The predicted octanol–water partition coefficient (Wildman–Crippen LogP) is 2.41. The van der Waals surface area contributed by atoms with Crippen molar-refractivity contribution in [3.63, 3.8) is 0 Å². The van der Waals surface area contributed by atoms with Gasteiger partial charge < -0.3 is 10.4 Å². The summed E-state index contributed by atoms with van der Waals surface area (Å²) in [6.07, 6.45) is 1.83. The maximum atomic E-state index is 12.5. The summed E-state index contributed by atoms with van der Waals surface area (Å²) in [6.45, 7) is 3.91. The topological polar surface area (TPSA) is 65.5 Å². The molecule has 0 aliphatic carbocycles. The molecule has 0 radical (unpaired) electrons. The van der Waals surface area contributed by atoms with Crippen LogP contribution in [0.1, 0.15) is 28.0 Å². The van der Waals surface area contributed by atoms with E-state index in [0.29, 0.717) is 30.1 Å². The van der Waals surface area contributed by atoms with Crippen molar-refractivity contribution in [2.45, 2.75) is 32.0 Å². The van der Waals surface area contributed by atoms with Gasteiger partial charge in [-0.25, -0.2) is 0 Å². The summed E-state index contributed by atoms with van der Waals surface area (Å²) in [4.78, 5) is 18.9. The number of likely N-dealkylation sites (tertiary alicyclic amines) is 1. The molecular formula is C19H22ClN3O2. The first-order valence-corrected chi connectivity index (χ1v) is 8.78. The lowest BCUT2D eigenvalue weighted by Crippen LogP contribution is -2.53. The third kappa shape index (κ3) is 4.57. The van der Waals surface area contributed by atoms with Crippen molar-refractivity contribution in [3.8, 4) is 0 Å². The standard InChI is InChI=1S/C19H22ClN3O2/c1-13-5-6-16(20)15(10-13)19(25)22-17-7-9-23(12-18(17)24)11-14-4-2-3-8-21-14/h2-6,8,10,17-18,24H,7,9,11-12H2,1H3,(H,22,25)/t17-,18-/m1/s1. The Morgan fingerprint density at radius 1 is 1.40 bits per heavy atom. The van der Waals surface area contributed by atoms with Gasteiger partial charge >= 0.3 is 0 Å². The van der Waals surface area contributed by atoms with Crippen LogP contribution in [0.15, 0.2) is 42.6 Å². The lowest BCUT2D eigenvalue weighted by atomic mass is 10.0. The van der Waals surface area contributed by atoms with Gasteiger partial charge in [0.1, 0.15) is 0 Å². The number of aliphatic hydroxyl groups is 1. The molecule has 1 saturated heterocycles. The molecule has 1 aliphatic heterocycles. The Hall–Kier alpha value is -1.95. The second-order valence-electron chi connectivity index (χ2n) is 6.48. The minimum atomic E-state index is -0.620. The Bertz CT molecular complexity index is 739. The molecule has 1 aromatic carbocycles. The van der Waals surface area contributed by atoms with Crippen LogP contribution < -0.4 is 5.32 Å². The van der Waals surface area contributed by atoms with E-state index in [4.69, 9.17) is 11.6 Å². The van der Waals surface area contributed by atoms with Crippen LogP contribution in [0, 0.1) is 6.92 Å². The second-order valence-corrected chi connectivity index (χ2v) is 6.88. The lowest BCUT2D eigenvalue weighted by molar-refractivity contribution is 0.0345. The largest absolute Gasteiger partial charge is 0.390 e. The SMILES string of the molecule is Cc1ccc(Cl)c(C(=O)N[C@@H]2CCN(Cc3ccccn3)C[C@H]2O)c1. The van der Waals surface area contributed by atoms with Gasteiger partial charge in [0.15, 0.2) is 0 Å². The van der Waals surface area contributed by atoms with Gasteiger partial charge in [-0.05, 0) is 37.6 Å². The number of carbonyl (C=O) groups is 1. The normalized spacial score (nSPS) is 21.1. The summed E-state index contributed by atoms with van der Waals surface area (Å²) in [7, 11) is 0. The number of benzene rings is 1. The summed E-state index contributed by atoms with van der Waals surface area (Å²) in [5, 5.41) is 13.8. The average Bonchev–Trinajstić information content (AvgIpc) is 2.60. The van der Waals surface area contributed by atoms with Crippen molar-refractivity contribution in [1.29, 1.82) is 0 Å². The van der Waals surface area contributed by atoms with E-state index >= 15 is 0 Å². The summed E-state index contributed by atoms with van der Waals surface area (Å²) in [5.74, 6) is -0.240. The zero-order valence-electron chi connectivity index (χ0n) is 14.2. The van der Waals surface area contributed by atoms with Gasteiger partial charge in [-0.1, -0.05) is 29.3 Å².